The van der Waals surface area contributed by atoms with E-state index in [0.717, 1.165) is 18.7 Å². The molecule has 1 aromatic carbocycles. The quantitative estimate of drug-likeness (QED) is 0.778. The lowest BCUT2D eigenvalue weighted by Crippen LogP contribution is -2.24. The fourth-order valence-electron chi connectivity index (χ4n) is 2.52. The molecule has 5 heteroatoms. The van der Waals surface area contributed by atoms with E-state index in [1.165, 1.54) is 45.2 Å². The number of nitrogens with one attached hydrogen (secondary N) is 1. The Morgan fingerprint density at radius 2 is 1.80 bits per heavy atom. The molecule has 0 spiro atoms. The Hall–Kier alpha value is -0.910. The molecule has 0 aromatic heterocycles. The standard InChI is InChI=1S/C15H24N2O2S/c1-20(18,19)15-7-5-14(6-8-15)13-16-9-4-12-17-10-2-3-11-17/h5-8,16H,2-4,9-13H2,1H3. The van der Waals surface area contributed by atoms with Crippen LogP contribution in [0.25, 0.3) is 0 Å². The summed E-state index contributed by atoms with van der Waals surface area (Å²) in [7, 11) is -3.08. The molecule has 0 amide bonds. The van der Waals surface area contributed by atoms with Crippen LogP contribution in [0.5, 0.6) is 0 Å². The van der Waals surface area contributed by atoms with Crippen molar-refractivity contribution in [2.24, 2.45) is 0 Å². The second-order valence-electron chi connectivity index (χ2n) is 5.50. The molecule has 1 aromatic rings. The van der Waals surface area contributed by atoms with Gasteiger partial charge >= 0.3 is 0 Å². The summed E-state index contributed by atoms with van der Waals surface area (Å²) in [6.45, 7) is 5.49. The zero-order chi connectivity index (χ0) is 14.4. The minimum Gasteiger partial charge on any atom is -0.313 e. The third kappa shape index (κ3) is 4.89. The maximum Gasteiger partial charge on any atom is 0.175 e. The molecule has 1 fully saturated rings. The van der Waals surface area contributed by atoms with Crippen LogP contribution in [-0.2, 0) is 16.4 Å². The normalized spacial score (nSPS) is 16.6. The van der Waals surface area contributed by atoms with E-state index < -0.39 is 9.84 Å². The summed E-state index contributed by atoms with van der Waals surface area (Å²) in [5.41, 5.74) is 1.12. The largest absolute Gasteiger partial charge is 0.313 e. The van der Waals surface area contributed by atoms with Crippen molar-refractivity contribution in [2.45, 2.75) is 30.7 Å². The monoisotopic (exact) mass is 296 g/mol. The van der Waals surface area contributed by atoms with Gasteiger partial charge in [0, 0.05) is 12.8 Å². The Labute approximate surface area is 122 Å². The van der Waals surface area contributed by atoms with Gasteiger partial charge in [-0.15, -0.1) is 0 Å². The molecule has 1 heterocycles. The molecule has 0 aliphatic carbocycles. The van der Waals surface area contributed by atoms with E-state index >= 15 is 0 Å². The minimum atomic E-state index is -3.08. The predicted octanol–water partition coefficient (Wildman–Crippen LogP) is 1.67. The summed E-state index contributed by atoms with van der Waals surface area (Å²) >= 11 is 0. The molecule has 1 aliphatic heterocycles. The van der Waals surface area contributed by atoms with Crippen molar-refractivity contribution in [2.75, 3.05) is 32.4 Å². The van der Waals surface area contributed by atoms with Gasteiger partial charge in [0.05, 0.1) is 4.90 Å². The summed E-state index contributed by atoms with van der Waals surface area (Å²) < 4.78 is 22.7. The second-order valence-corrected chi connectivity index (χ2v) is 7.51. The van der Waals surface area contributed by atoms with Gasteiger partial charge in [-0.1, -0.05) is 12.1 Å². The Bertz CT molecular complexity index is 505. The average Bonchev–Trinajstić information content (AvgIpc) is 2.91. The Morgan fingerprint density at radius 1 is 1.15 bits per heavy atom. The van der Waals surface area contributed by atoms with Crippen molar-refractivity contribution >= 4 is 9.84 Å². The highest BCUT2D eigenvalue weighted by Gasteiger charge is 2.10. The molecular formula is C15H24N2O2S. The SMILES string of the molecule is CS(=O)(=O)c1ccc(CNCCCN2CCCC2)cc1. The summed E-state index contributed by atoms with van der Waals surface area (Å²) in [5.74, 6) is 0. The molecule has 2 rings (SSSR count). The molecule has 4 nitrogen and oxygen atoms in total. The molecule has 1 saturated heterocycles. The molecule has 1 aliphatic rings. The van der Waals surface area contributed by atoms with Gasteiger partial charge in [0.25, 0.3) is 0 Å². The van der Waals surface area contributed by atoms with E-state index in [9.17, 15) is 8.42 Å². The molecular weight excluding hydrogens is 272 g/mol. The number of likely N-dealkylation sites (tertiary alicyclic amines) is 1. The highest BCUT2D eigenvalue weighted by molar-refractivity contribution is 7.90. The van der Waals surface area contributed by atoms with Gasteiger partial charge in [0.15, 0.2) is 9.84 Å². The van der Waals surface area contributed by atoms with Crippen molar-refractivity contribution < 1.29 is 8.42 Å². The van der Waals surface area contributed by atoms with Gasteiger partial charge in [0.2, 0.25) is 0 Å². The van der Waals surface area contributed by atoms with E-state index in [0.29, 0.717) is 4.90 Å². The van der Waals surface area contributed by atoms with Gasteiger partial charge in [0.1, 0.15) is 0 Å². The van der Waals surface area contributed by atoms with Crippen molar-refractivity contribution in [1.29, 1.82) is 0 Å². The fourth-order valence-corrected chi connectivity index (χ4v) is 3.15. The van der Waals surface area contributed by atoms with Crippen molar-refractivity contribution in [3.05, 3.63) is 29.8 Å². The second kappa shape index (κ2) is 7.20. The molecule has 0 radical (unpaired) electrons. The van der Waals surface area contributed by atoms with Crippen LogP contribution in [0.1, 0.15) is 24.8 Å². The van der Waals surface area contributed by atoms with Crippen LogP contribution in [0.4, 0.5) is 0 Å². The topological polar surface area (TPSA) is 49.4 Å². The third-order valence-corrected chi connectivity index (χ3v) is 4.84. The first-order chi connectivity index (χ1) is 9.55. The van der Waals surface area contributed by atoms with E-state index in [-0.39, 0.29) is 0 Å². The summed E-state index contributed by atoms with van der Waals surface area (Å²) in [5, 5.41) is 3.41. The van der Waals surface area contributed by atoms with Gasteiger partial charge in [-0.2, -0.15) is 0 Å². The smallest absolute Gasteiger partial charge is 0.175 e. The highest BCUT2D eigenvalue weighted by atomic mass is 32.2. The van der Waals surface area contributed by atoms with Gasteiger partial charge < -0.3 is 10.2 Å². The molecule has 20 heavy (non-hydrogen) atoms. The summed E-state index contributed by atoms with van der Waals surface area (Å²) in [4.78, 5) is 2.90. The number of hydrogen-bond acceptors (Lipinski definition) is 4. The molecule has 0 unspecified atom stereocenters. The van der Waals surface area contributed by atoms with Crippen LogP contribution in [0.3, 0.4) is 0 Å². The molecule has 0 bridgehead atoms. The summed E-state index contributed by atoms with van der Waals surface area (Å²) in [6.07, 6.45) is 5.10. The van der Waals surface area contributed by atoms with Crippen molar-refractivity contribution in [3.63, 3.8) is 0 Å². The van der Waals surface area contributed by atoms with Crippen LogP contribution in [0.2, 0.25) is 0 Å². The van der Waals surface area contributed by atoms with Gasteiger partial charge in [-0.25, -0.2) is 8.42 Å². The molecule has 112 valence electrons. The summed E-state index contributed by atoms with van der Waals surface area (Å²) in [6, 6.07) is 7.11. The predicted molar refractivity (Wildman–Crippen MR) is 81.5 cm³/mol. The molecule has 0 atom stereocenters. The van der Waals surface area contributed by atoms with E-state index in [4.69, 9.17) is 0 Å². The van der Waals surface area contributed by atoms with E-state index in [1.807, 2.05) is 12.1 Å². The molecule has 1 N–H and O–H groups in total. The number of sulfone groups is 1. The number of rotatable bonds is 7. The van der Waals surface area contributed by atoms with E-state index in [1.54, 1.807) is 12.1 Å². The Morgan fingerprint density at radius 3 is 2.40 bits per heavy atom. The van der Waals surface area contributed by atoms with Crippen LogP contribution in [-0.4, -0.2) is 45.8 Å². The van der Waals surface area contributed by atoms with Crippen LogP contribution in [0, 0.1) is 0 Å². The number of benzene rings is 1. The maximum atomic E-state index is 11.3. The maximum absolute atomic E-state index is 11.3. The first kappa shape index (κ1) is 15.5. The van der Waals surface area contributed by atoms with Gasteiger partial charge in [-0.05, 0) is 63.1 Å². The first-order valence-electron chi connectivity index (χ1n) is 7.28. The fraction of sp³-hybridized carbons (Fsp3) is 0.600. The Kier molecular flexibility index (Phi) is 5.57. The van der Waals surface area contributed by atoms with Crippen molar-refractivity contribution in [3.8, 4) is 0 Å². The lowest BCUT2D eigenvalue weighted by Gasteiger charge is -2.14. The number of nitrogens with zero attached hydrogens (tertiary/aromatic N) is 1. The Balaban J connectivity index is 1.66. The lowest BCUT2D eigenvalue weighted by atomic mass is 10.2. The van der Waals surface area contributed by atoms with Crippen molar-refractivity contribution in [1.82, 2.24) is 10.2 Å². The lowest BCUT2D eigenvalue weighted by molar-refractivity contribution is 0.331. The third-order valence-electron chi connectivity index (χ3n) is 3.71. The van der Waals surface area contributed by atoms with Crippen LogP contribution in [0.15, 0.2) is 29.2 Å². The number of hydrogen-bond donors (Lipinski definition) is 1. The molecule has 0 saturated carbocycles. The first-order valence-corrected chi connectivity index (χ1v) is 9.17. The average molecular weight is 296 g/mol. The van der Waals surface area contributed by atoms with Gasteiger partial charge in [-0.3, -0.25) is 0 Å². The minimum absolute atomic E-state index is 0.385. The van der Waals surface area contributed by atoms with Crippen LogP contribution >= 0.6 is 0 Å². The van der Waals surface area contributed by atoms with E-state index in [2.05, 4.69) is 10.2 Å². The zero-order valence-corrected chi connectivity index (χ0v) is 13.0. The highest BCUT2D eigenvalue weighted by Crippen LogP contribution is 2.10. The van der Waals surface area contributed by atoms with Crippen LogP contribution < -0.4 is 5.32 Å². The zero-order valence-electron chi connectivity index (χ0n) is 12.1.